The highest BCUT2D eigenvalue weighted by atomic mass is 16.5. The van der Waals surface area contributed by atoms with E-state index in [9.17, 15) is 9.59 Å². The Morgan fingerprint density at radius 1 is 1.25 bits per heavy atom. The van der Waals surface area contributed by atoms with Crippen molar-refractivity contribution in [1.29, 1.82) is 0 Å². The molecule has 0 saturated carbocycles. The van der Waals surface area contributed by atoms with Crippen molar-refractivity contribution >= 4 is 23.1 Å². The molecule has 0 aliphatic carbocycles. The van der Waals surface area contributed by atoms with E-state index in [1.165, 1.54) is 23.0 Å². The third kappa shape index (κ3) is 3.09. The largest absolute Gasteiger partial charge is 0.449 e. The van der Waals surface area contributed by atoms with Gasteiger partial charge in [-0.05, 0) is 13.5 Å². The second-order valence-electron chi connectivity index (χ2n) is 5.58. The molecule has 0 radical (unpaired) electrons. The lowest BCUT2D eigenvalue weighted by Gasteiger charge is -2.34. The summed E-state index contributed by atoms with van der Waals surface area (Å²) in [7, 11) is 0. The molecule has 2 aromatic heterocycles. The predicted molar refractivity (Wildman–Crippen MR) is 90.5 cm³/mol. The lowest BCUT2D eigenvalue weighted by Crippen LogP contribution is -2.46. The van der Waals surface area contributed by atoms with E-state index >= 15 is 0 Å². The van der Waals surface area contributed by atoms with E-state index in [4.69, 9.17) is 4.74 Å². The summed E-state index contributed by atoms with van der Waals surface area (Å²) in [5.41, 5.74) is 0.0665. The molecule has 1 saturated heterocycles. The first-order valence-corrected chi connectivity index (χ1v) is 8.17. The van der Waals surface area contributed by atoms with Gasteiger partial charge in [-0.2, -0.15) is 4.98 Å². The maximum absolute atomic E-state index is 12.1. The van der Waals surface area contributed by atoms with Gasteiger partial charge in [-0.15, -0.1) is 0 Å². The van der Waals surface area contributed by atoms with Crippen LogP contribution in [-0.2, 0) is 4.74 Å². The Morgan fingerprint density at radius 2 is 2.00 bits per heavy atom. The number of piperazine rings is 1. The molecule has 0 bridgehead atoms. The van der Waals surface area contributed by atoms with E-state index < -0.39 is 6.09 Å². The highest BCUT2D eigenvalue weighted by molar-refractivity contribution is 5.85. The number of carbonyl (C=O) groups excluding carboxylic acids is 1. The van der Waals surface area contributed by atoms with E-state index in [2.05, 4.69) is 26.7 Å². The smallest absolute Gasteiger partial charge is 0.419 e. The van der Waals surface area contributed by atoms with Gasteiger partial charge in [0.2, 0.25) is 5.95 Å². The molecule has 1 aliphatic heterocycles. The summed E-state index contributed by atoms with van der Waals surface area (Å²) in [6.45, 7) is 8.66. The molecule has 8 heteroatoms. The normalized spacial score (nSPS) is 15.7. The summed E-state index contributed by atoms with van der Waals surface area (Å²) in [5, 5.41) is 0.307. The fourth-order valence-corrected chi connectivity index (χ4v) is 2.78. The number of carbonyl (C=O) groups is 1. The second kappa shape index (κ2) is 6.96. The zero-order chi connectivity index (χ0) is 17.1. The molecule has 0 spiro atoms. The molecule has 8 nitrogen and oxygen atoms in total. The Hall–Kier alpha value is -2.48. The predicted octanol–water partition coefficient (Wildman–Crippen LogP) is 0.938. The topological polar surface area (TPSA) is 80.6 Å². The molecule has 2 aromatic rings. The molecule has 3 rings (SSSR count). The van der Waals surface area contributed by atoms with Crippen LogP contribution in [0.15, 0.2) is 23.3 Å². The Bertz CT molecular complexity index is 796. The van der Waals surface area contributed by atoms with Crippen LogP contribution >= 0.6 is 0 Å². The van der Waals surface area contributed by atoms with Crippen molar-refractivity contribution in [3.63, 3.8) is 0 Å². The van der Waals surface area contributed by atoms with Crippen LogP contribution in [0.3, 0.4) is 0 Å². The maximum atomic E-state index is 12.1. The summed E-state index contributed by atoms with van der Waals surface area (Å²) < 4.78 is 6.29. The van der Waals surface area contributed by atoms with Crippen molar-refractivity contribution in [3.05, 3.63) is 28.7 Å². The van der Waals surface area contributed by atoms with Gasteiger partial charge in [0.25, 0.3) is 0 Å². The molecule has 0 atom stereocenters. The second-order valence-corrected chi connectivity index (χ2v) is 5.58. The van der Waals surface area contributed by atoms with Crippen LogP contribution in [0.1, 0.15) is 13.8 Å². The summed E-state index contributed by atoms with van der Waals surface area (Å²) in [5.74, 6) is 0.530. The van der Waals surface area contributed by atoms with Crippen molar-refractivity contribution in [2.24, 2.45) is 0 Å². The van der Waals surface area contributed by atoms with E-state index in [1.54, 1.807) is 6.92 Å². The minimum Gasteiger partial charge on any atom is -0.449 e. The minimum atomic E-state index is -0.553. The molecule has 1 fully saturated rings. The van der Waals surface area contributed by atoms with Crippen LogP contribution in [0.5, 0.6) is 0 Å². The number of rotatable bonds is 3. The Labute approximate surface area is 139 Å². The molecule has 128 valence electrons. The van der Waals surface area contributed by atoms with Crippen LogP contribution in [-0.4, -0.2) is 64.9 Å². The lowest BCUT2D eigenvalue weighted by molar-refractivity contribution is 0.154. The van der Waals surface area contributed by atoms with Crippen molar-refractivity contribution in [1.82, 2.24) is 19.4 Å². The molecule has 3 heterocycles. The van der Waals surface area contributed by atoms with Crippen molar-refractivity contribution < 1.29 is 9.53 Å². The zero-order valence-electron chi connectivity index (χ0n) is 13.9. The van der Waals surface area contributed by atoms with Crippen LogP contribution in [0.25, 0.3) is 11.0 Å². The van der Waals surface area contributed by atoms with E-state index in [-0.39, 0.29) is 17.7 Å². The van der Waals surface area contributed by atoms with Crippen molar-refractivity contribution in [2.75, 3.05) is 44.2 Å². The lowest BCUT2D eigenvalue weighted by atomic mass is 10.3. The highest BCUT2D eigenvalue weighted by Gasteiger charge is 2.20. The first kappa shape index (κ1) is 16.4. The van der Waals surface area contributed by atoms with E-state index in [0.717, 1.165) is 32.7 Å². The highest BCUT2D eigenvalue weighted by Crippen LogP contribution is 2.15. The van der Waals surface area contributed by atoms with Crippen LogP contribution < -0.4 is 10.3 Å². The van der Waals surface area contributed by atoms with Crippen LogP contribution in [0.4, 0.5) is 10.7 Å². The fraction of sp³-hybridized carbons (Fsp3) is 0.500. The molecule has 0 N–H and O–H groups in total. The van der Waals surface area contributed by atoms with Gasteiger partial charge < -0.3 is 14.5 Å². The summed E-state index contributed by atoms with van der Waals surface area (Å²) in [6, 6.07) is 1.32. The number of aromatic nitrogens is 3. The Kier molecular flexibility index (Phi) is 4.75. The molecule has 0 unspecified atom stereocenters. The van der Waals surface area contributed by atoms with Crippen molar-refractivity contribution in [3.8, 4) is 0 Å². The fourth-order valence-electron chi connectivity index (χ4n) is 2.78. The standard InChI is InChI=1S/C16H21N5O3/c1-3-19-7-9-20(10-8-19)15-17-11-12-13(22)5-6-21(14(12)18-15)16(23)24-4-2/h5-6,11H,3-4,7-10H2,1-2H3. The third-order valence-electron chi connectivity index (χ3n) is 4.19. The summed E-state index contributed by atoms with van der Waals surface area (Å²) in [4.78, 5) is 37.3. The minimum absolute atomic E-state index is 0.215. The quantitative estimate of drug-likeness (QED) is 0.828. The first-order chi connectivity index (χ1) is 11.6. The Morgan fingerprint density at radius 3 is 2.67 bits per heavy atom. The van der Waals surface area contributed by atoms with Gasteiger partial charge in [0, 0.05) is 44.6 Å². The molecular weight excluding hydrogens is 310 g/mol. The molecular formula is C16H21N5O3. The number of ether oxygens (including phenoxy) is 1. The SMILES string of the molecule is CCOC(=O)n1ccc(=O)c2cnc(N3CCN(CC)CC3)nc21. The van der Waals surface area contributed by atoms with Gasteiger partial charge in [-0.1, -0.05) is 6.92 Å². The number of likely N-dealkylation sites (N-methyl/N-ethyl adjacent to an activating group) is 1. The summed E-state index contributed by atoms with van der Waals surface area (Å²) >= 11 is 0. The number of hydrogen-bond acceptors (Lipinski definition) is 7. The number of anilines is 1. The number of fused-ring (bicyclic) bond motifs is 1. The summed E-state index contributed by atoms with van der Waals surface area (Å²) in [6.07, 6.45) is 2.33. The zero-order valence-corrected chi connectivity index (χ0v) is 13.9. The van der Waals surface area contributed by atoms with Gasteiger partial charge in [-0.3, -0.25) is 4.79 Å². The third-order valence-corrected chi connectivity index (χ3v) is 4.19. The first-order valence-electron chi connectivity index (χ1n) is 8.17. The Balaban J connectivity index is 1.98. The average molecular weight is 331 g/mol. The molecule has 0 aromatic carbocycles. The number of nitrogens with zero attached hydrogens (tertiary/aromatic N) is 5. The van der Waals surface area contributed by atoms with Crippen molar-refractivity contribution in [2.45, 2.75) is 13.8 Å². The van der Waals surface area contributed by atoms with Gasteiger partial charge >= 0.3 is 6.09 Å². The average Bonchev–Trinajstić information content (AvgIpc) is 2.62. The van der Waals surface area contributed by atoms with Crippen LogP contribution in [0.2, 0.25) is 0 Å². The van der Waals surface area contributed by atoms with E-state index in [0.29, 0.717) is 11.3 Å². The molecule has 0 amide bonds. The number of pyridine rings is 1. The van der Waals surface area contributed by atoms with Gasteiger partial charge in [0.15, 0.2) is 11.1 Å². The molecule has 24 heavy (non-hydrogen) atoms. The van der Waals surface area contributed by atoms with E-state index in [1.807, 2.05) is 0 Å². The van der Waals surface area contributed by atoms with Crippen LogP contribution in [0, 0.1) is 0 Å². The van der Waals surface area contributed by atoms with Gasteiger partial charge in [0.1, 0.15) is 0 Å². The maximum Gasteiger partial charge on any atom is 0.419 e. The number of hydrogen-bond donors (Lipinski definition) is 0. The van der Waals surface area contributed by atoms with Gasteiger partial charge in [0.05, 0.1) is 12.0 Å². The van der Waals surface area contributed by atoms with Gasteiger partial charge in [-0.25, -0.2) is 14.3 Å². The molecule has 1 aliphatic rings. The monoisotopic (exact) mass is 331 g/mol.